The van der Waals surface area contributed by atoms with Gasteiger partial charge in [0.05, 0.1) is 0 Å². The summed E-state index contributed by atoms with van der Waals surface area (Å²) < 4.78 is 0.337. The van der Waals surface area contributed by atoms with Crippen molar-refractivity contribution in [2.75, 3.05) is 0 Å². The van der Waals surface area contributed by atoms with Gasteiger partial charge in [0.25, 0.3) is 0 Å². The van der Waals surface area contributed by atoms with Crippen molar-refractivity contribution < 1.29 is 5.11 Å². The van der Waals surface area contributed by atoms with Crippen molar-refractivity contribution in [1.29, 1.82) is 0 Å². The van der Waals surface area contributed by atoms with Crippen molar-refractivity contribution in [3.63, 3.8) is 0 Å². The zero-order valence-electron chi connectivity index (χ0n) is 6.77. The molecule has 0 aromatic heterocycles. The maximum atomic E-state index is 11.2. The fourth-order valence-electron chi connectivity index (χ4n) is 0.849. The van der Waals surface area contributed by atoms with E-state index in [-0.39, 0.29) is 6.10 Å². The average molecular weight is 255 g/mol. The predicted octanol–water partition coefficient (Wildman–Crippen LogP) is 3.19. The molecule has 61 valence electrons. The molecule has 2 heteroatoms. The first-order chi connectivity index (χ1) is 4.72. The minimum atomic E-state index is -0.328. The van der Waals surface area contributed by atoms with Gasteiger partial charge in [0.2, 0.25) is 0 Å². The maximum Gasteiger partial charge on any atom is 0.105 e. The summed E-state index contributed by atoms with van der Waals surface area (Å²) in [6.07, 6.45) is 3.78. The van der Waals surface area contributed by atoms with Crippen molar-refractivity contribution in [2.45, 2.75) is 49.6 Å². The molecule has 10 heavy (non-hydrogen) atoms. The number of alkyl halides is 1. The maximum absolute atomic E-state index is 11.2. The number of rotatable bonds is 5. The van der Waals surface area contributed by atoms with Gasteiger partial charge in [-0.25, -0.2) is 5.11 Å². The van der Waals surface area contributed by atoms with Crippen LogP contribution in [-0.4, -0.2) is 10.0 Å². The molecule has 0 aliphatic rings. The van der Waals surface area contributed by atoms with E-state index < -0.39 is 0 Å². The first-order valence-electron chi connectivity index (χ1n) is 4.02. The van der Waals surface area contributed by atoms with E-state index in [1.165, 1.54) is 0 Å². The van der Waals surface area contributed by atoms with Gasteiger partial charge in [0.1, 0.15) is 6.10 Å². The Morgan fingerprint density at radius 3 is 2.40 bits per heavy atom. The molecule has 0 amide bonds. The fraction of sp³-hybridized carbons (Fsp3) is 1.00. The normalized spacial score (nSPS) is 16.8. The number of hydrogen-bond acceptors (Lipinski definition) is 0. The Morgan fingerprint density at radius 1 is 1.40 bits per heavy atom. The quantitative estimate of drug-likeness (QED) is 0.531. The van der Waals surface area contributed by atoms with Crippen molar-refractivity contribution in [1.82, 2.24) is 0 Å². The third-order valence-electron chi connectivity index (χ3n) is 1.64. The molecule has 0 saturated carbocycles. The summed E-state index contributed by atoms with van der Waals surface area (Å²) in [5.74, 6) is 0. The molecule has 0 heterocycles. The summed E-state index contributed by atoms with van der Waals surface area (Å²) in [5, 5.41) is 11.2. The van der Waals surface area contributed by atoms with Gasteiger partial charge in [-0.2, -0.15) is 0 Å². The molecule has 0 fully saturated rings. The summed E-state index contributed by atoms with van der Waals surface area (Å²) in [6, 6.07) is 0. The third kappa shape index (κ3) is 4.50. The van der Waals surface area contributed by atoms with Crippen LogP contribution >= 0.6 is 22.6 Å². The zero-order valence-corrected chi connectivity index (χ0v) is 8.93. The fourth-order valence-corrected chi connectivity index (χ4v) is 1.21. The zero-order chi connectivity index (χ0) is 7.98. The molecular weight excluding hydrogens is 239 g/mol. The van der Waals surface area contributed by atoms with Gasteiger partial charge in [-0.3, -0.25) is 0 Å². The first kappa shape index (κ1) is 10.7. The minimum absolute atomic E-state index is 0.328. The van der Waals surface area contributed by atoms with Crippen molar-refractivity contribution in [2.24, 2.45) is 0 Å². The highest BCUT2D eigenvalue weighted by Gasteiger charge is 2.13. The Balaban J connectivity index is 3.31. The molecule has 2 unspecified atom stereocenters. The Labute approximate surface area is 77.3 Å². The summed E-state index contributed by atoms with van der Waals surface area (Å²) in [4.78, 5) is 0. The van der Waals surface area contributed by atoms with Crippen LogP contribution in [0.1, 0.15) is 39.5 Å². The van der Waals surface area contributed by atoms with Gasteiger partial charge in [-0.15, -0.1) is 0 Å². The molecule has 1 radical (unpaired) electrons. The second-order valence-corrected chi connectivity index (χ2v) is 4.20. The Kier molecular flexibility index (Phi) is 6.85. The molecule has 0 bridgehead atoms. The molecule has 2 atom stereocenters. The van der Waals surface area contributed by atoms with Crippen LogP contribution in [0.2, 0.25) is 0 Å². The molecule has 0 aromatic carbocycles. The van der Waals surface area contributed by atoms with E-state index in [1.54, 1.807) is 0 Å². The third-order valence-corrected chi connectivity index (χ3v) is 3.32. The molecule has 0 aliphatic heterocycles. The van der Waals surface area contributed by atoms with Crippen molar-refractivity contribution in [3.05, 3.63) is 0 Å². The van der Waals surface area contributed by atoms with Gasteiger partial charge in [0, 0.05) is 3.92 Å². The molecule has 0 aliphatic carbocycles. The predicted molar refractivity (Wildman–Crippen MR) is 52.1 cm³/mol. The van der Waals surface area contributed by atoms with Crippen LogP contribution in [0.4, 0.5) is 0 Å². The molecular formula is C8H16IO. The lowest BCUT2D eigenvalue weighted by Gasteiger charge is -2.11. The van der Waals surface area contributed by atoms with Crippen LogP contribution in [0, 0.1) is 0 Å². The average Bonchev–Trinajstić information content (AvgIpc) is 1.98. The van der Waals surface area contributed by atoms with Crippen LogP contribution in [0.3, 0.4) is 0 Å². The van der Waals surface area contributed by atoms with E-state index in [0.29, 0.717) is 3.92 Å². The van der Waals surface area contributed by atoms with Crippen LogP contribution in [-0.2, 0) is 5.11 Å². The van der Waals surface area contributed by atoms with E-state index in [2.05, 4.69) is 36.4 Å². The smallest absolute Gasteiger partial charge is 0.105 e. The number of halogens is 1. The molecule has 0 rings (SSSR count). The molecule has 1 nitrogen and oxygen atoms in total. The lowest BCUT2D eigenvalue weighted by Crippen LogP contribution is -2.17. The minimum Gasteiger partial charge on any atom is -0.232 e. The van der Waals surface area contributed by atoms with Gasteiger partial charge in [0.15, 0.2) is 0 Å². The highest BCUT2D eigenvalue weighted by atomic mass is 127. The molecule has 0 spiro atoms. The summed E-state index contributed by atoms with van der Waals surface area (Å²) in [6.45, 7) is 4.20. The van der Waals surface area contributed by atoms with E-state index in [1.807, 2.05) is 0 Å². The Hall–Kier alpha value is 0.690. The van der Waals surface area contributed by atoms with Gasteiger partial charge < -0.3 is 0 Å². The van der Waals surface area contributed by atoms with E-state index >= 15 is 0 Å². The van der Waals surface area contributed by atoms with Crippen molar-refractivity contribution >= 4 is 22.6 Å². The number of unbranched alkanes of at least 4 members (excludes halogenated alkanes) is 1. The van der Waals surface area contributed by atoms with Gasteiger partial charge in [-0.05, 0) is 12.8 Å². The van der Waals surface area contributed by atoms with Gasteiger partial charge >= 0.3 is 0 Å². The Morgan fingerprint density at radius 2 is 2.00 bits per heavy atom. The molecule has 0 aromatic rings. The summed E-state index contributed by atoms with van der Waals surface area (Å²) in [7, 11) is 0. The monoisotopic (exact) mass is 255 g/mol. The Bertz CT molecular complexity index is 75.7. The SMILES string of the molecule is CCCCC([O])C(I)CC. The van der Waals surface area contributed by atoms with Crippen LogP contribution in [0.25, 0.3) is 0 Å². The van der Waals surface area contributed by atoms with Crippen LogP contribution in [0.5, 0.6) is 0 Å². The lowest BCUT2D eigenvalue weighted by molar-refractivity contribution is 0.0800. The van der Waals surface area contributed by atoms with Gasteiger partial charge in [-0.1, -0.05) is 49.3 Å². The van der Waals surface area contributed by atoms with Crippen LogP contribution < -0.4 is 0 Å². The largest absolute Gasteiger partial charge is 0.232 e. The van der Waals surface area contributed by atoms with E-state index in [9.17, 15) is 5.11 Å². The van der Waals surface area contributed by atoms with Crippen LogP contribution in [0.15, 0.2) is 0 Å². The second kappa shape index (κ2) is 6.40. The second-order valence-electron chi connectivity index (χ2n) is 2.60. The number of hydrogen-bond donors (Lipinski definition) is 0. The summed E-state index contributed by atoms with van der Waals surface area (Å²) >= 11 is 2.26. The molecule has 0 N–H and O–H groups in total. The molecule has 0 saturated heterocycles. The summed E-state index contributed by atoms with van der Waals surface area (Å²) in [5.41, 5.74) is 0. The highest BCUT2D eigenvalue weighted by molar-refractivity contribution is 14.1. The van der Waals surface area contributed by atoms with E-state index in [4.69, 9.17) is 0 Å². The van der Waals surface area contributed by atoms with Crippen molar-refractivity contribution in [3.8, 4) is 0 Å². The first-order valence-corrected chi connectivity index (χ1v) is 5.26. The lowest BCUT2D eigenvalue weighted by atomic mass is 10.1. The topological polar surface area (TPSA) is 19.9 Å². The van der Waals surface area contributed by atoms with E-state index in [0.717, 1.165) is 25.7 Å². The standard InChI is InChI=1S/C8H16IO/c1-3-5-6-8(10)7(9)4-2/h7-8H,3-6H2,1-2H3. The highest BCUT2D eigenvalue weighted by Crippen LogP contribution is 2.15.